The predicted octanol–water partition coefficient (Wildman–Crippen LogP) is 4.99. The van der Waals surface area contributed by atoms with Gasteiger partial charge in [-0.05, 0) is 79.4 Å². The zero-order valence-corrected chi connectivity index (χ0v) is 17.4. The normalized spacial score (nSPS) is 12.9. The average Bonchev–Trinajstić information content (AvgIpc) is 3.18. The second-order valence-corrected chi connectivity index (χ2v) is 8.03. The Morgan fingerprint density at radius 1 is 1.14 bits per heavy atom. The van der Waals surface area contributed by atoms with Gasteiger partial charge in [-0.15, -0.1) is 0 Å². The maximum atomic E-state index is 12.8. The van der Waals surface area contributed by atoms with Crippen LogP contribution in [0.15, 0.2) is 41.2 Å². The van der Waals surface area contributed by atoms with Crippen LogP contribution in [0.25, 0.3) is 10.9 Å². The van der Waals surface area contributed by atoms with Crippen molar-refractivity contribution in [1.29, 1.82) is 0 Å². The summed E-state index contributed by atoms with van der Waals surface area (Å²) in [6, 6.07) is 11.2. The van der Waals surface area contributed by atoms with Crippen molar-refractivity contribution < 1.29 is 4.79 Å². The summed E-state index contributed by atoms with van der Waals surface area (Å²) in [6.07, 6.45) is 6.41. The molecule has 6 heteroatoms. The van der Waals surface area contributed by atoms with Gasteiger partial charge < -0.3 is 10.3 Å². The molecule has 29 heavy (non-hydrogen) atoms. The lowest BCUT2D eigenvalue weighted by molar-refractivity contribution is 0.102. The van der Waals surface area contributed by atoms with Gasteiger partial charge in [0.05, 0.1) is 10.9 Å². The van der Waals surface area contributed by atoms with Crippen molar-refractivity contribution in [1.82, 2.24) is 9.55 Å². The fourth-order valence-corrected chi connectivity index (χ4v) is 4.26. The summed E-state index contributed by atoms with van der Waals surface area (Å²) in [7, 11) is 0. The number of rotatable bonds is 6. The van der Waals surface area contributed by atoms with Crippen LogP contribution in [0.3, 0.4) is 0 Å². The lowest BCUT2D eigenvalue weighted by Gasteiger charge is -2.10. The quantitative estimate of drug-likeness (QED) is 0.447. The molecule has 5 nitrogen and oxygen atoms in total. The van der Waals surface area contributed by atoms with Crippen molar-refractivity contribution in [3.63, 3.8) is 0 Å². The fraction of sp³-hybridized carbons (Fsp3) is 0.348. The molecule has 0 unspecified atom stereocenters. The number of H-pyrrole nitrogens is 1. The number of nitrogens with one attached hydrogen (secondary N) is 2. The third kappa shape index (κ3) is 4.03. The Balaban J connectivity index is 1.60. The minimum Gasteiger partial charge on any atom is -0.332 e. The number of fused-ring (bicyclic) bond motifs is 2. The van der Waals surface area contributed by atoms with Gasteiger partial charge >= 0.3 is 0 Å². The number of benzene rings is 2. The highest BCUT2D eigenvalue weighted by atomic mass is 32.1. The van der Waals surface area contributed by atoms with Gasteiger partial charge in [-0.2, -0.15) is 0 Å². The summed E-state index contributed by atoms with van der Waals surface area (Å²) < 4.78 is 2.01. The summed E-state index contributed by atoms with van der Waals surface area (Å²) in [4.78, 5) is 28.7. The third-order valence-electron chi connectivity index (χ3n) is 5.59. The van der Waals surface area contributed by atoms with E-state index in [4.69, 9.17) is 12.2 Å². The molecule has 1 amide bonds. The molecule has 3 aromatic rings. The van der Waals surface area contributed by atoms with Crippen molar-refractivity contribution in [2.75, 3.05) is 5.32 Å². The largest absolute Gasteiger partial charge is 0.332 e. The van der Waals surface area contributed by atoms with Gasteiger partial charge in [-0.1, -0.05) is 25.8 Å². The number of nitrogens with zero attached hydrogens (tertiary/aromatic N) is 1. The molecule has 150 valence electrons. The van der Waals surface area contributed by atoms with E-state index in [1.807, 2.05) is 6.07 Å². The number of unbranched alkanes of at least 4 members (excludes halogenated alkanes) is 2. The van der Waals surface area contributed by atoms with E-state index in [1.165, 1.54) is 17.5 Å². The Bertz CT molecular complexity index is 1190. The molecule has 0 spiro atoms. The first-order valence-corrected chi connectivity index (χ1v) is 10.7. The molecule has 1 aliphatic carbocycles. The molecule has 0 radical (unpaired) electrons. The van der Waals surface area contributed by atoms with Gasteiger partial charge in [-0.3, -0.25) is 14.2 Å². The summed E-state index contributed by atoms with van der Waals surface area (Å²) in [5, 5.41) is 3.51. The van der Waals surface area contributed by atoms with Crippen LogP contribution in [-0.4, -0.2) is 15.5 Å². The Labute approximate surface area is 174 Å². The van der Waals surface area contributed by atoms with Crippen LogP contribution in [0.2, 0.25) is 0 Å². The number of anilines is 1. The Kier molecular flexibility index (Phi) is 5.62. The molecule has 0 bridgehead atoms. The molecular weight excluding hydrogens is 382 g/mol. The molecule has 0 saturated heterocycles. The number of carbonyl (C=O) groups is 1. The smallest absolute Gasteiger partial charge is 0.262 e. The highest BCUT2D eigenvalue weighted by molar-refractivity contribution is 7.71. The second kappa shape index (κ2) is 8.33. The first kappa shape index (κ1) is 19.6. The number of amides is 1. The van der Waals surface area contributed by atoms with Crippen LogP contribution in [0.1, 0.15) is 54.1 Å². The van der Waals surface area contributed by atoms with Gasteiger partial charge in [0, 0.05) is 17.8 Å². The van der Waals surface area contributed by atoms with Crippen molar-refractivity contribution >= 4 is 34.7 Å². The van der Waals surface area contributed by atoms with Gasteiger partial charge in [0.25, 0.3) is 11.5 Å². The van der Waals surface area contributed by atoms with E-state index < -0.39 is 0 Å². The highest BCUT2D eigenvalue weighted by Crippen LogP contribution is 2.25. The molecule has 0 saturated carbocycles. The van der Waals surface area contributed by atoms with Gasteiger partial charge in [0.2, 0.25) is 0 Å². The summed E-state index contributed by atoms with van der Waals surface area (Å²) in [6.45, 7) is 2.73. The molecule has 1 heterocycles. The summed E-state index contributed by atoms with van der Waals surface area (Å²) >= 11 is 5.38. The molecule has 2 aromatic carbocycles. The van der Waals surface area contributed by atoms with E-state index in [2.05, 4.69) is 29.4 Å². The molecule has 4 rings (SSSR count). The van der Waals surface area contributed by atoms with Crippen LogP contribution < -0.4 is 10.9 Å². The zero-order chi connectivity index (χ0) is 20.4. The number of aromatic nitrogens is 2. The van der Waals surface area contributed by atoms with Crippen LogP contribution >= 0.6 is 12.2 Å². The Morgan fingerprint density at radius 2 is 1.97 bits per heavy atom. The molecule has 1 aliphatic rings. The van der Waals surface area contributed by atoms with Crippen LogP contribution in [0, 0.1) is 4.77 Å². The van der Waals surface area contributed by atoms with E-state index in [0.29, 0.717) is 27.8 Å². The van der Waals surface area contributed by atoms with Crippen molar-refractivity contribution in [2.24, 2.45) is 0 Å². The SMILES string of the molecule is CCCCCn1c(=S)[nH]c2cc(C(=O)Nc3ccc4c(c3)CCC4)ccc2c1=O. The van der Waals surface area contributed by atoms with E-state index in [-0.39, 0.29) is 11.5 Å². The molecule has 2 N–H and O–H groups in total. The van der Waals surface area contributed by atoms with Crippen molar-refractivity contribution in [3.8, 4) is 0 Å². The average molecular weight is 408 g/mol. The maximum Gasteiger partial charge on any atom is 0.262 e. The van der Waals surface area contributed by atoms with E-state index in [0.717, 1.165) is 37.8 Å². The lowest BCUT2D eigenvalue weighted by atomic mass is 10.1. The summed E-state index contributed by atoms with van der Waals surface area (Å²) in [5.41, 5.74) is 4.46. The monoisotopic (exact) mass is 407 g/mol. The van der Waals surface area contributed by atoms with E-state index >= 15 is 0 Å². The zero-order valence-electron chi connectivity index (χ0n) is 16.6. The summed E-state index contributed by atoms with van der Waals surface area (Å²) in [5.74, 6) is -0.198. The highest BCUT2D eigenvalue weighted by Gasteiger charge is 2.14. The van der Waals surface area contributed by atoms with Crippen molar-refractivity contribution in [2.45, 2.75) is 52.0 Å². The topological polar surface area (TPSA) is 66.9 Å². The van der Waals surface area contributed by atoms with Crippen LogP contribution in [-0.2, 0) is 19.4 Å². The Hall–Kier alpha value is -2.73. The number of aromatic amines is 1. The first-order valence-electron chi connectivity index (χ1n) is 10.3. The molecule has 0 aliphatic heterocycles. The number of carbonyl (C=O) groups excluding carboxylic acids is 1. The lowest BCUT2D eigenvalue weighted by Crippen LogP contribution is -2.22. The molecule has 0 atom stereocenters. The Morgan fingerprint density at radius 3 is 2.79 bits per heavy atom. The number of hydrogen-bond donors (Lipinski definition) is 2. The van der Waals surface area contributed by atoms with Gasteiger partial charge in [0.1, 0.15) is 0 Å². The molecule has 0 fully saturated rings. The maximum absolute atomic E-state index is 12.8. The minimum absolute atomic E-state index is 0.106. The predicted molar refractivity (Wildman–Crippen MR) is 119 cm³/mol. The second-order valence-electron chi connectivity index (χ2n) is 7.65. The molecular formula is C23H25N3O2S. The first-order chi connectivity index (χ1) is 14.1. The van der Waals surface area contributed by atoms with Crippen molar-refractivity contribution in [3.05, 3.63) is 68.2 Å². The van der Waals surface area contributed by atoms with Crippen LogP contribution in [0.4, 0.5) is 5.69 Å². The fourth-order valence-electron chi connectivity index (χ4n) is 3.97. The molecule has 1 aromatic heterocycles. The van der Waals surface area contributed by atoms with E-state index in [9.17, 15) is 9.59 Å². The number of hydrogen-bond acceptors (Lipinski definition) is 3. The third-order valence-corrected chi connectivity index (χ3v) is 5.91. The minimum atomic E-state index is -0.198. The van der Waals surface area contributed by atoms with E-state index in [1.54, 1.807) is 22.8 Å². The van der Waals surface area contributed by atoms with Gasteiger partial charge in [0.15, 0.2) is 4.77 Å². The number of aryl methyl sites for hydroxylation is 2. The standard InChI is InChI=1S/C23H25N3O2S/c1-2-3-4-12-26-22(28)19-11-9-17(14-20(19)25-23(26)29)21(27)24-18-10-8-15-6-5-7-16(15)13-18/h8-11,13-14H,2-7,12H2,1H3,(H,24,27)(H,25,29). The van der Waals surface area contributed by atoms with Crippen LogP contribution in [0.5, 0.6) is 0 Å². The van der Waals surface area contributed by atoms with Gasteiger partial charge in [-0.25, -0.2) is 0 Å².